The maximum atomic E-state index is 12.5. The number of piperazine rings is 1. The first-order valence-corrected chi connectivity index (χ1v) is 12.6. The third-order valence-electron chi connectivity index (χ3n) is 8.14. The average molecular weight is 427 g/mol. The lowest BCUT2D eigenvalue weighted by atomic mass is 9.56. The molecule has 0 aromatic carbocycles. The van der Waals surface area contributed by atoms with Crippen molar-refractivity contribution < 1.29 is 4.79 Å². The molecule has 3 aliphatic rings. The van der Waals surface area contributed by atoms with Crippen molar-refractivity contribution in [1.82, 2.24) is 14.9 Å². The van der Waals surface area contributed by atoms with Crippen LogP contribution in [0.2, 0.25) is 0 Å². The lowest BCUT2D eigenvalue weighted by Gasteiger charge is -2.57. The minimum absolute atomic E-state index is 0.346. The van der Waals surface area contributed by atoms with Crippen LogP contribution in [-0.2, 0) is 4.79 Å². The van der Waals surface area contributed by atoms with Gasteiger partial charge in [-0.2, -0.15) is 0 Å². The van der Waals surface area contributed by atoms with Crippen LogP contribution in [0, 0.1) is 17.3 Å². The van der Waals surface area contributed by atoms with Gasteiger partial charge in [0, 0.05) is 50.0 Å². The highest BCUT2D eigenvalue weighted by atomic mass is 16.1. The second-order valence-electron chi connectivity index (χ2n) is 11.4. The number of ketones is 1. The normalized spacial score (nSPS) is 32.0. The summed E-state index contributed by atoms with van der Waals surface area (Å²) in [6.45, 7) is 14.2. The standard InChI is InChI=1S/C26H42N4O/c1-18(2)12-24(31)21-6-8-26(9-7-21)13-22(14-26)30-11-10-29(17-20(30)5)23-15-27-25(19(3)4)28-16-23/h15-16,18-22H,6-14,17H2,1-5H3. The van der Waals surface area contributed by atoms with Crippen molar-refractivity contribution in [2.45, 2.75) is 97.6 Å². The van der Waals surface area contributed by atoms with Gasteiger partial charge >= 0.3 is 0 Å². The van der Waals surface area contributed by atoms with Crippen LogP contribution in [-0.4, -0.2) is 52.4 Å². The zero-order chi connectivity index (χ0) is 22.2. The van der Waals surface area contributed by atoms with E-state index in [1.54, 1.807) is 0 Å². The molecule has 0 radical (unpaired) electrons. The topological polar surface area (TPSA) is 49.3 Å². The molecule has 0 N–H and O–H groups in total. The van der Waals surface area contributed by atoms with Crippen LogP contribution < -0.4 is 4.90 Å². The Hall–Kier alpha value is -1.49. The van der Waals surface area contributed by atoms with E-state index in [4.69, 9.17) is 0 Å². The highest BCUT2D eigenvalue weighted by molar-refractivity contribution is 5.81. The molecule has 1 aliphatic heterocycles. The van der Waals surface area contributed by atoms with Gasteiger partial charge in [-0.1, -0.05) is 27.7 Å². The summed E-state index contributed by atoms with van der Waals surface area (Å²) in [4.78, 5) is 26.8. The van der Waals surface area contributed by atoms with Gasteiger partial charge in [0.2, 0.25) is 0 Å². The van der Waals surface area contributed by atoms with Crippen molar-refractivity contribution >= 4 is 11.5 Å². The van der Waals surface area contributed by atoms with E-state index >= 15 is 0 Å². The molecular formula is C26H42N4O. The van der Waals surface area contributed by atoms with Gasteiger partial charge in [-0.3, -0.25) is 9.69 Å². The number of nitrogens with zero attached hydrogens (tertiary/aromatic N) is 4. The molecular weight excluding hydrogens is 384 g/mol. The molecule has 5 nitrogen and oxygen atoms in total. The summed E-state index contributed by atoms with van der Waals surface area (Å²) in [6, 6.07) is 1.30. The van der Waals surface area contributed by atoms with Crippen LogP contribution >= 0.6 is 0 Å². The molecule has 1 atom stereocenters. The predicted octanol–water partition coefficient (Wildman–Crippen LogP) is 5.06. The zero-order valence-electron chi connectivity index (χ0n) is 20.3. The summed E-state index contributed by atoms with van der Waals surface area (Å²) in [5.41, 5.74) is 1.70. The van der Waals surface area contributed by atoms with Gasteiger partial charge < -0.3 is 4.90 Å². The van der Waals surface area contributed by atoms with Gasteiger partial charge in [-0.05, 0) is 56.8 Å². The quantitative estimate of drug-likeness (QED) is 0.636. The Labute approximate surface area is 189 Å². The SMILES string of the molecule is CC(C)CC(=O)C1CCC2(CC1)CC(N1CCN(c3cnc(C(C)C)nc3)CC1C)C2. The third-order valence-corrected chi connectivity index (χ3v) is 8.14. The van der Waals surface area contributed by atoms with E-state index in [0.29, 0.717) is 35.0 Å². The van der Waals surface area contributed by atoms with Crippen LogP contribution in [0.25, 0.3) is 0 Å². The average Bonchev–Trinajstić information content (AvgIpc) is 2.72. The first-order valence-electron chi connectivity index (χ1n) is 12.6. The molecule has 0 bridgehead atoms. The number of aromatic nitrogens is 2. The fourth-order valence-corrected chi connectivity index (χ4v) is 6.25. The molecule has 1 aromatic rings. The molecule has 1 aromatic heterocycles. The summed E-state index contributed by atoms with van der Waals surface area (Å²) in [6.07, 6.45) is 12.3. The molecule has 2 heterocycles. The second-order valence-corrected chi connectivity index (χ2v) is 11.4. The van der Waals surface area contributed by atoms with E-state index in [9.17, 15) is 4.79 Å². The Kier molecular flexibility index (Phi) is 6.71. The smallest absolute Gasteiger partial charge is 0.136 e. The van der Waals surface area contributed by atoms with E-state index in [1.165, 1.54) is 25.7 Å². The Morgan fingerprint density at radius 1 is 1.10 bits per heavy atom. The fraction of sp³-hybridized carbons (Fsp3) is 0.808. The Bertz CT molecular complexity index is 743. The molecule has 31 heavy (non-hydrogen) atoms. The van der Waals surface area contributed by atoms with Gasteiger partial charge in [0.1, 0.15) is 11.6 Å². The van der Waals surface area contributed by atoms with Crippen molar-refractivity contribution in [2.75, 3.05) is 24.5 Å². The Balaban J connectivity index is 1.25. The van der Waals surface area contributed by atoms with Crippen molar-refractivity contribution in [1.29, 1.82) is 0 Å². The maximum absolute atomic E-state index is 12.5. The number of anilines is 1. The minimum atomic E-state index is 0.346. The van der Waals surface area contributed by atoms with Gasteiger partial charge in [0.25, 0.3) is 0 Å². The largest absolute Gasteiger partial charge is 0.366 e. The molecule has 1 unspecified atom stereocenters. The van der Waals surface area contributed by atoms with Crippen LogP contribution in [0.15, 0.2) is 12.4 Å². The van der Waals surface area contributed by atoms with Gasteiger partial charge in [-0.25, -0.2) is 9.97 Å². The van der Waals surface area contributed by atoms with Gasteiger partial charge in [0.15, 0.2) is 0 Å². The molecule has 0 amide bonds. The van der Waals surface area contributed by atoms with Crippen molar-refractivity contribution in [3.05, 3.63) is 18.2 Å². The van der Waals surface area contributed by atoms with E-state index in [1.807, 2.05) is 12.4 Å². The van der Waals surface area contributed by atoms with Crippen molar-refractivity contribution in [3.8, 4) is 0 Å². The van der Waals surface area contributed by atoms with E-state index in [2.05, 4.69) is 54.4 Å². The molecule has 2 saturated carbocycles. The molecule has 2 aliphatic carbocycles. The number of carbonyl (C=O) groups is 1. The highest BCUT2D eigenvalue weighted by Gasteiger charge is 2.49. The molecule has 5 heteroatoms. The maximum Gasteiger partial charge on any atom is 0.136 e. The fourth-order valence-electron chi connectivity index (χ4n) is 6.25. The zero-order valence-corrected chi connectivity index (χ0v) is 20.3. The number of rotatable bonds is 6. The molecule has 4 rings (SSSR count). The minimum Gasteiger partial charge on any atom is -0.366 e. The lowest BCUT2D eigenvalue weighted by Crippen LogP contribution is -2.61. The van der Waals surface area contributed by atoms with Gasteiger partial charge in [-0.15, -0.1) is 0 Å². The Morgan fingerprint density at radius 2 is 1.74 bits per heavy atom. The van der Waals surface area contributed by atoms with E-state index in [0.717, 1.165) is 56.5 Å². The Morgan fingerprint density at radius 3 is 2.29 bits per heavy atom. The summed E-state index contributed by atoms with van der Waals surface area (Å²) in [7, 11) is 0. The van der Waals surface area contributed by atoms with Gasteiger partial charge in [0.05, 0.1) is 18.1 Å². The summed E-state index contributed by atoms with van der Waals surface area (Å²) in [5, 5.41) is 0. The van der Waals surface area contributed by atoms with Crippen LogP contribution in [0.5, 0.6) is 0 Å². The molecule has 172 valence electrons. The second kappa shape index (κ2) is 9.17. The lowest BCUT2D eigenvalue weighted by molar-refractivity contribution is -0.127. The summed E-state index contributed by atoms with van der Waals surface area (Å²) >= 11 is 0. The molecule has 1 saturated heterocycles. The number of carbonyl (C=O) groups excluding carboxylic acids is 1. The van der Waals surface area contributed by atoms with Crippen LogP contribution in [0.3, 0.4) is 0 Å². The van der Waals surface area contributed by atoms with Crippen molar-refractivity contribution in [3.63, 3.8) is 0 Å². The summed E-state index contributed by atoms with van der Waals surface area (Å²) < 4.78 is 0. The first-order chi connectivity index (χ1) is 14.8. The number of hydrogen-bond acceptors (Lipinski definition) is 5. The molecule has 3 fully saturated rings. The summed E-state index contributed by atoms with van der Waals surface area (Å²) in [5.74, 6) is 2.67. The van der Waals surface area contributed by atoms with Crippen molar-refractivity contribution in [2.24, 2.45) is 17.3 Å². The predicted molar refractivity (Wildman–Crippen MR) is 126 cm³/mol. The number of Topliss-reactive ketones (excluding diaryl/α,β-unsaturated/α-hetero) is 1. The van der Waals surface area contributed by atoms with E-state index in [-0.39, 0.29) is 0 Å². The number of hydrogen-bond donors (Lipinski definition) is 0. The van der Waals surface area contributed by atoms with Crippen LogP contribution in [0.1, 0.15) is 91.3 Å². The monoisotopic (exact) mass is 426 g/mol. The first kappa shape index (κ1) is 22.7. The van der Waals surface area contributed by atoms with E-state index < -0.39 is 0 Å². The third kappa shape index (κ3) is 4.97. The molecule has 1 spiro atoms. The highest BCUT2D eigenvalue weighted by Crippen LogP contribution is 2.55. The van der Waals surface area contributed by atoms with Crippen LogP contribution in [0.4, 0.5) is 5.69 Å².